The van der Waals surface area contributed by atoms with Gasteiger partial charge in [-0.3, -0.25) is 4.79 Å². The molecule has 3 heteroatoms. The van der Waals surface area contributed by atoms with E-state index in [0.29, 0.717) is 12.1 Å². The van der Waals surface area contributed by atoms with Crippen LogP contribution in [-0.4, -0.2) is 17.6 Å². The van der Waals surface area contributed by atoms with Crippen LogP contribution in [0, 0.1) is 0 Å². The molecule has 0 saturated heterocycles. The molecule has 0 bridgehead atoms. The molecule has 0 N–H and O–H groups in total. The maximum absolute atomic E-state index is 11.9. The highest BCUT2D eigenvalue weighted by molar-refractivity contribution is 6.40. The number of oxime groups is 1. The molecule has 0 radical (unpaired) electrons. The number of carbonyl (C=O) groups excluding carboxylic acids is 1. The second-order valence-corrected chi connectivity index (χ2v) is 5.55. The van der Waals surface area contributed by atoms with Gasteiger partial charge >= 0.3 is 0 Å². The molecule has 0 aromatic carbocycles. The molecule has 0 amide bonds. The lowest BCUT2D eigenvalue weighted by Crippen LogP contribution is -2.15. The van der Waals surface area contributed by atoms with Crippen molar-refractivity contribution in [2.75, 3.05) is 0 Å². The Kier molecular flexibility index (Phi) is 8.52. The predicted octanol–water partition coefficient (Wildman–Crippen LogP) is 4.64. The van der Waals surface area contributed by atoms with Crippen LogP contribution in [0.15, 0.2) is 5.16 Å². The lowest BCUT2D eigenvalue weighted by molar-refractivity contribution is -0.113. The SMILES string of the molecule is CCCCCCC(=O)C1=NOC(CCCCCC)C1. The molecule has 1 aliphatic heterocycles. The average molecular weight is 267 g/mol. The van der Waals surface area contributed by atoms with Gasteiger partial charge in [0, 0.05) is 12.8 Å². The molecular weight excluding hydrogens is 238 g/mol. The number of unbranched alkanes of at least 4 members (excludes halogenated alkanes) is 6. The van der Waals surface area contributed by atoms with Gasteiger partial charge < -0.3 is 4.84 Å². The zero-order chi connectivity index (χ0) is 13.9. The lowest BCUT2D eigenvalue weighted by Gasteiger charge is -2.06. The molecule has 0 spiro atoms. The summed E-state index contributed by atoms with van der Waals surface area (Å²) in [5.74, 6) is 0.201. The van der Waals surface area contributed by atoms with Crippen molar-refractivity contribution in [1.82, 2.24) is 0 Å². The fraction of sp³-hybridized carbons (Fsp3) is 0.875. The topological polar surface area (TPSA) is 38.7 Å². The monoisotopic (exact) mass is 267 g/mol. The lowest BCUT2D eigenvalue weighted by atomic mass is 10.0. The van der Waals surface area contributed by atoms with Gasteiger partial charge in [0.15, 0.2) is 5.78 Å². The fourth-order valence-electron chi connectivity index (χ4n) is 2.40. The van der Waals surface area contributed by atoms with Gasteiger partial charge in [-0.25, -0.2) is 0 Å². The molecule has 1 atom stereocenters. The molecule has 19 heavy (non-hydrogen) atoms. The standard InChI is InChI=1S/C16H29NO2/c1-3-5-7-9-11-14-13-15(17-19-14)16(18)12-10-8-6-4-2/h14H,3-13H2,1-2H3. The largest absolute Gasteiger partial charge is 0.392 e. The van der Waals surface area contributed by atoms with E-state index in [2.05, 4.69) is 19.0 Å². The summed E-state index contributed by atoms with van der Waals surface area (Å²) < 4.78 is 0. The molecule has 0 aromatic heterocycles. The molecule has 1 aliphatic rings. The van der Waals surface area contributed by atoms with Crippen LogP contribution in [0.5, 0.6) is 0 Å². The zero-order valence-electron chi connectivity index (χ0n) is 12.6. The minimum Gasteiger partial charge on any atom is -0.392 e. The first kappa shape index (κ1) is 16.2. The molecule has 1 unspecified atom stereocenters. The quantitative estimate of drug-likeness (QED) is 0.511. The van der Waals surface area contributed by atoms with Crippen LogP contribution in [0.4, 0.5) is 0 Å². The molecule has 0 aliphatic carbocycles. The van der Waals surface area contributed by atoms with Crippen LogP contribution in [0.1, 0.15) is 84.5 Å². The van der Waals surface area contributed by atoms with Crippen LogP contribution in [0.2, 0.25) is 0 Å². The summed E-state index contributed by atoms with van der Waals surface area (Å²) >= 11 is 0. The van der Waals surface area contributed by atoms with Crippen LogP contribution >= 0.6 is 0 Å². The van der Waals surface area contributed by atoms with Crippen LogP contribution in [-0.2, 0) is 9.63 Å². The van der Waals surface area contributed by atoms with Gasteiger partial charge in [0.2, 0.25) is 0 Å². The minimum absolute atomic E-state index is 0.159. The van der Waals surface area contributed by atoms with E-state index in [1.54, 1.807) is 0 Å². The molecular formula is C16H29NO2. The third-order valence-corrected chi connectivity index (χ3v) is 3.69. The minimum atomic E-state index is 0.159. The van der Waals surface area contributed by atoms with Crippen LogP contribution < -0.4 is 0 Å². The number of nitrogens with zero attached hydrogens (tertiary/aromatic N) is 1. The highest BCUT2D eigenvalue weighted by Crippen LogP contribution is 2.19. The molecule has 110 valence electrons. The molecule has 1 heterocycles. The Labute approximate surface area is 117 Å². The first-order valence-electron chi connectivity index (χ1n) is 8.03. The van der Waals surface area contributed by atoms with Crippen molar-refractivity contribution in [3.05, 3.63) is 0 Å². The van der Waals surface area contributed by atoms with Gasteiger partial charge in [0.25, 0.3) is 0 Å². The Morgan fingerprint density at radius 2 is 1.79 bits per heavy atom. The first-order chi connectivity index (χ1) is 9.27. The van der Waals surface area contributed by atoms with Gasteiger partial charge in [0.05, 0.1) is 0 Å². The van der Waals surface area contributed by atoms with Crippen molar-refractivity contribution in [3.63, 3.8) is 0 Å². The second kappa shape index (κ2) is 9.99. The summed E-state index contributed by atoms with van der Waals surface area (Å²) in [4.78, 5) is 17.3. The summed E-state index contributed by atoms with van der Waals surface area (Å²) in [5, 5.41) is 3.98. The Bertz CT molecular complexity index is 286. The summed E-state index contributed by atoms with van der Waals surface area (Å²) in [5.41, 5.74) is 0.678. The van der Waals surface area contributed by atoms with E-state index < -0.39 is 0 Å². The highest BCUT2D eigenvalue weighted by atomic mass is 16.6. The normalized spacial score (nSPS) is 18.2. The average Bonchev–Trinajstić information content (AvgIpc) is 2.88. The van der Waals surface area contributed by atoms with E-state index in [4.69, 9.17) is 4.84 Å². The predicted molar refractivity (Wildman–Crippen MR) is 79.5 cm³/mol. The Morgan fingerprint density at radius 1 is 1.11 bits per heavy atom. The number of rotatable bonds is 11. The van der Waals surface area contributed by atoms with Gasteiger partial charge in [0.1, 0.15) is 11.8 Å². The van der Waals surface area contributed by atoms with Gasteiger partial charge in [-0.15, -0.1) is 0 Å². The molecule has 0 saturated carbocycles. The van der Waals surface area contributed by atoms with Crippen molar-refractivity contribution in [2.45, 2.75) is 90.6 Å². The first-order valence-corrected chi connectivity index (χ1v) is 8.03. The van der Waals surface area contributed by atoms with Crippen molar-refractivity contribution < 1.29 is 9.63 Å². The van der Waals surface area contributed by atoms with E-state index in [-0.39, 0.29) is 11.9 Å². The van der Waals surface area contributed by atoms with E-state index in [1.165, 1.54) is 38.5 Å². The number of hydrogen-bond acceptors (Lipinski definition) is 3. The number of hydrogen-bond donors (Lipinski definition) is 0. The summed E-state index contributed by atoms with van der Waals surface area (Å²) in [6.45, 7) is 4.39. The van der Waals surface area contributed by atoms with Gasteiger partial charge in [-0.2, -0.15) is 0 Å². The Hall–Kier alpha value is -0.860. The Balaban J connectivity index is 2.10. The second-order valence-electron chi connectivity index (χ2n) is 5.55. The zero-order valence-corrected chi connectivity index (χ0v) is 12.6. The van der Waals surface area contributed by atoms with E-state index in [1.807, 2.05) is 0 Å². The summed E-state index contributed by atoms with van der Waals surface area (Å²) in [6.07, 6.45) is 12.1. The van der Waals surface area contributed by atoms with Crippen LogP contribution in [0.25, 0.3) is 0 Å². The maximum atomic E-state index is 11.9. The van der Waals surface area contributed by atoms with Gasteiger partial charge in [-0.1, -0.05) is 57.5 Å². The molecule has 0 aromatic rings. The number of ketones is 1. The van der Waals surface area contributed by atoms with E-state index in [9.17, 15) is 4.79 Å². The van der Waals surface area contributed by atoms with E-state index >= 15 is 0 Å². The smallest absolute Gasteiger partial charge is 0.180 e. The van der Waals surface area contributed by atoms with E-state index in [0.717, 1.165) is 25.7 Å². The summed E-state index contributed by atoms with van der Waals surface area (Å²) in [7, 11) is 0. The molecule has 3 nitrogen and oxygen atoms in total. The van der Waals surface area contributed by atoms with Gasteiger partial charge in [-0.05, 0) is 19.3 Å². The highest BCUT2D eigenvalue weighted by Gasteiger charge is 2.24. The molecule has 0 fully saturated rings. The third-order valence-electron chi connectivity index (χ3n) is 3.69. The number of Topliss-reactive ketones (excluding diaryl/α,β-unsaturated/α-hetero) is 1. The van der Waals surface area contributed by atoms with Crippen molar-refractivity contribution in [1.29, 1.82) is 0 Å². The Morgan fingerprint density at radius 3 is 2.47 bits per heavy atom. The van der Waals surface area contributed by atoms with Crippen LogP contribution in [0.3, 0.4) is 0 Å². The maximum Gasteiger partial charge on any atom is 0.180 e. The van der Waals surface area contributed by atoms with Crippen molar-refractivity contribution in [3.8, 4) is 0 Å². The summed E-state index contributed by atoms with van der Waals surface area (Å²) in [6, 6.07) is 0. The number of carbonyl (C=O) groups is 1. The third kappa shape index (κ3) is 6.74. The van der Waals surface area contributed by atoms with Crippen molar-refractivity contribution >= 4 is 11.5 Å². The van der Waals surface area contributed by atoms with Crippen molar-refractivity contribution in [2.24, 2.45) is 5.16 Å². The molecule has 1 rings (SSSR count). The fourth-order valence-corrected chi connectivity index (χ4v) is 2.40.